The molecule has 0 saturated carbocycles. The zero-order chi connectivity index (χ0) is 20.4. The highest BCUT2D eigenvalue weighted by molar-refractivity contribution is 6.07. The minimum absolute atomic E-state index is 0.116. The molecule has 0 spiro atoms. The van der Waals surface area contributed by atoms with E-state index in [1.807, 2.05) is 36.9 Å². The highest BCUT2D eigenvalue weighted by Gasteiger charge is 2.26. The lowest BCUT2D eigenvalue weighted by atomic mass is 10.1. The second-order valence-corrected chi connectivity index (χ2v) is 7.37. The maximum atomic E-state index is 13.2. The molecule has 150 valence electrons. The van der Waals surface area contributed by atoms with Gasteiger partial charge in [-0.05, 0) is 68.5 Å². The van der Waals surface area contributed by atoms with E-state index in [9.17, 15) is 9.59 Å². The Kier molecular flexibility index (Phi) is 5.20. The second kappa shape index (κ2) is 7.95. The molecule has 1 saturated heterocycles. The van der Waals surface area contributed by atoms with Gasteiger partial charge in [-0.3, -0.25) is 9.59 Å². The van der Waals surface area contributed by atoms with E-state index in [0.29, 0.717) is 11.4 Å². The molecule has 1 aliphatic rings. The molecule has 0 atom stereocenters. The number of benzene rings is 1. The van der Waals surface area contributed by atoms with Gasteiger partial charge < -0.3 is 14.6 Å². The van der Waals surface area contributed by atoms with Gasteiger partial charge in [-0.1, -0.05) is 6.07 Å². The van der Waals surface area contributed by atoms with E-state index in [2.05, 4.69) is 10.4 Å². The molecular formula is C22H24N4O3. The summed E-state index contributed by atoms with van der Waals surface area (Å²) >= 11 is 0. The average Bonchev–Trinajstić information content (AvgIpc) is 3.41. The van der Waals surface area contributed by atoms with Gasteiger partial charge in [0, 0.05) is 13.1 Å². The van der Waals surface area contributed by atoms with Crippen molar-refractivity contribution in [2.45, 2.75) is 33.1 Å². The molecule has 1 N–H and O–H groups in total. The number of likely N-dealkylation sites (tertiary alicyclic amines) is 1. The minimum Gasteiger partial charge on any atom is -0.459 e. The Hall–Kier alpha value is -3.35. The van der Waals surface area contributed by atoms with Crippen molar-refractivity contribution in [3.05, 3.63) is 65.2 Å². The van der Waals surface area contributed by atoms with Gasteiger partial charge in [0.1, 0.15) is 11.4 Å². The Morgan fingerprint density at radius 1 is 1.07 bits per heavy atom. The van der Waals surface area contributed by atoms with Gasteiger partial charge in [-0.15, -0.1) is 0 Å². The lowest BCUT2D eigenvalue weighted by Crippen LogP contribution is -2.36. The normalized spacial score (nSPS) is 14.1. The third-order valence-electron chi connectivity index (χ3n) is 5.35. The molecule has 29 heavy (non-hydrogen) atoms. The van der Waals surface area contributed by atoms with Crippen molar-refractivity contribution in [1.82, 2.24) is 14.7 Å². The first-order valence-corrected chi connectivity index (χ1v) is 9.84. The van der Waals surface area contributed by atoms with E-state index in [1.54, 1.807) is 16.8 Å². The first kappa shape index (κ1) is 19.0. The Morgan fingerprint density at radius 3 is 2.55 bits per heavy atom. The largest absolute Gasteiger partial charge is 0.459 e. The molecular weight excluding hydrogens is 368 g/mol. The first-order valence-electron chi connectivity index (χ1n) is 9.84. The first-order chi connectivity index (χ1) is 14.0. The standard InChI is InChI=1S/C22H24N4O3/c1-15-8-9-17(13-16(15)2)26-20(24-21(27)19-7-6-12-29-19)18(14-23-26)22(28)25-10-4-3-5-11-25/h6-9,12-14H,3-5,10-11H2,1-2H3,(H,24,27). The number of furan rings is 1. The van der Waals surface area contributed by atoms with Crippen molar-refractivity contribution in [2.24, 2.45) is 0 Å². The molecule has 7 heteroatoms. The Balaban J connectivity index is 1.74. The van der Waals surface area contributed by atoms with Crippen LogP contribution in [0.3, 0.4) is 0 Å². The molecule has 1 aliphatic heterocycles. The predicted octanol–water partition coefficient (Wildman–Crippen LogP) is 3.96. The Morgan fingerprint density at radius 2 is 1.86 bits per heavy atom. The number of hydrogen-bond acceptors (Lipinski definition) is 4. The summed E-state index contributed by atoms with van der Waals surface area (Å²) in [6.45, 7) is 5.49. The molecule has 0 radical (unpaired) electrons. The summed E-state index contributed by atoms with van der Waals surface area (Å²) in [6.07, 6.45) is 6.09. The highest BCUT2D eigenvalue weighted by Crippen LogP contribution is 2.25. The van der Waals surface area contributed by atoms with Gasteiger partial charge in [0.05, 0.1) is 18.1 Å². The van der Waals surface area contributed by atoms with E-state index < -0.39 is 5.91 Å². The molecule has 0 unspecified atom stereocenters. The Bertz CT molecular complexity index is 1030. The van der Waals surface area contributed by atoms with Crippen molar-refractivity contribution in [2.75, 3.05) is 18.4 Å². The van der Waals surface area contributed by atoms with Crippen LogP contribution in [0.1, 0.15) is 51.3 Å². The van der Waals surface area contributed by atoms with Crippen LogP contribution in [0, 0.1) is 13.8 Å². The van der Waals surface area contributed by atoms with E-state index in [4.69, 9.17) is 4.42 Å². The maximum Gasteiger partial charge on any atom is 0.292 e. The van der Waals surface area contributed by atoms with Crippen molar-refractivity contribution in [3.63, 3.8) is 0 Å². The van der Waals surface area contributed by atoms with Crippen LogP contribution in [-0.4, -0.2) is 39.6 Å². The number of rotatable bonds is 4. The fourth-order valence-electron chi connectivity index (χ4n) is 3.52. The van der Waals surface area contributed by atoms with Crippen molar-refractivity contribution in [3.8, 4) is 5.69 Å². The Labute approximate surface area is 169 Å². The van der Waals surface area contributed by atoms with Crippen LogP contribution < -0.4 is 5.32 Å². The number of amides is 2. The number of aryl methyl sites for hydroxylation is 2. The number of carbonyl (C=O) groups excluding carboxylic acids is 2. The summed E-state index contributed by atoms with van der Waals surface area (Å²) in [5, 5.41) is 7.27. The van der Waals surface area contributed by atoms with Gasteiger partial charge in [-0.25, -0.2) is 4.68 Å². The topological polar surface area (TPSA) is 80.4 Å². The zero-order valence-corrected chi connectivity index (χ0v) is 16.6. The molecule has 2 aromatic heterocycles. The van der Waals surface area contributed by atoms with Crippen LogP contribution >= 0.6 is 0 Å². The van der Waals surface area contributed by atoms with Crippen LogP contribution in [0.4, 0.5) is 5.82 Å². The third-order valence-corrected chi connectivity index (χ3v) is 5.35. The summed E-state index contributed by atoms with van der Waals surface area (Å²) in [4.78, 5) is 27.6. The van der Waals surface area contributed by atoms with E-state index >= 15 is 0 Å². The van der Waals surface area contributed by atoms with E-state index in [1.165, 1.54) is 12.5 Å². The minimum atomic E-state index is -0.423. The number of nitrogens with zero attached hydrogens (tertiary/aromatic N) is 3. The summed E-state index contributed by atoms with van der Waals surface area (Å²) in [5.74, 6) is -0.0118. The summed E-state index contributed by atoms with van der Waals surface area (Å²) in [7, 11) is 0. The number of hydrogen-bond donors (Lipinski definition) is 1. The quantitative estimate of drug-likeness (QED) is 0.729. The molecule has 0 aliphatic carbocycles. The van der Waals surface area contributed by atoms with Gasteiger partial charge in [0.25, 0.3) is 11.8 Å². The fraction of sp³-hybridized carbons (Fsp3) is 0.318. The number of carbonyl (C=O) groups is 2. The predicted molar refractivity (Wildman–Crippen MR) is 109 cm³/mol. The van der Waals surface area contributed by atoms with Gasteiger partial charge >= 0.3 is 0 Å². The molecule has 1 fully saturated rings. The fourth-order valence-corrected chi connectivity index (χ4v) is 3.52. The number of piperidine rings is 1. The van der Waals surface area contributed by atoms with Gasteiger partial charge in [0.15, 0.2) is 5.76 Å². The monoisotopic (exact) mass is 392 g/mol. The van der Waals surface area contributed by atoms with Crippen molar-refractivity contribution < 1.29 is 14.0 Å². The zero-order valence-electron chi connectivity index (χ0n) is 16.6. The van der Waals surface area contributed by atoms with Crippen molar-refractivity contribution >= 4 is 17.6 Å². The summed E-state index contributed by atoms with van der Waals surface area (Å²) in [5.41, 5.74) is 3.42. The van der Waals surface area contributed by atoms with Crippen LogP contribution in [0.5, 0.6) is 0 Å². The SMILES string of the molecule is Cc1ccc(-n2ncc(C(=O)N3CCCCC3)c2NC(=O)c2ccco2)cc1C. The average molecular weight is 392 g/mol. The maximum absolute atomic E-state index is 13.2. The highest BCUT2D eigenvalue weighted by atomic mass is 16.3. The summed E-state index contributed by atoms with van der Waals surface area (Å²) < 4.78 is 6.81. The molecule has 3 aromatic rings. The molecule has 3 heterocycles. The number of aromatic nitrogens is 2. The van der Waals surface area contributed by atoms with Crippen molar-refractivity contribution in [1.29, 1.82) is 0 Å². The number of nitrogens with one attached hydrogen (secondary N) is 1. The molecule has 7 nitrogen and oxygen atoms in total. The van der Waals surface area contributed by atoms with E-state index in [0.717, 1.165) is 49.2 Å². The van der Waals surface area contributed by atoms with Crippen LogP contribution in [-0.2, 0) is 0 Å². The molecule has 2 amide bonds. The number of anilines is 1. The van der Waals surface area contributed by atoms with Crippen LogP contribution in [0.15, 0.2) is 47.2 Å². The second-order valence-electron chi connectivity index (χ2n) is 7.37. The van der Waals surface area contributed by atoms with Crippen LogP contribution in [0.25, 0.3) is 5.69 Å². The summed E-state index contributed by atoms with van der Waals surface area (Å²) in [6, 6.07) is 9.14. The molecule has 0 bridgehead atoms. The van der Waals surface area contributed by atoms with Crippen LogP contribution in [0.2, 0.25) is 0 Å². The van der Waals surface area contributed by atoms with Gasteiger partial charge in [0.2, 0.25) is 0 Å². The third kappa shape index (κ3) is 3.81. The lowest BCUT2D eigenvalue weighted by molar-refractivity contribution is 0.0725. The molecule has 1 aromatic carbocycles. The smallest absolute Gasteiger partial charge is 0.292 e. The molecule has 4 rings (SSSR count). The van der Waals surface area contributed by atoms with Gasteiger partial charge in [-0.2, -0.15) is 5.10 Å². The lowest BCUT2D eigenvalue weighted by Gasteiger charge is -2.26. The van der Waals surface area contributed by atoms with E-state index in [-0.39, 0.29) is 11.7 Å².